The lowest BCUT2D eigenvalue weighted by Gasteiger charge is -2.13. The number of benzene rings is 2. The number of hydrogen-bond acceptors (Lipinski definition) is 5. The van der Waals surface area contributed by atoms with Crippen LogP contribution in [0.25, 0.3) is 6.08 Å². The van der Waals surface area contributed by atoms with E-state index >= 15 is 0 Å². The van der Waals surface area contributed by atoms with Crippen LogP contribution in [0.3, 0.4) is 0 Å². The number of ether oxygens (including phenoxy) is 1. The van der Waals surface area contributed by atoms with Crippen LogP contribution >= 0.6 is 11.8 Å². The molecule has 0 saturated heterocycles. The molecule has 1 atom stereocenters. The van der Waals surface area contributed by atoms with E-state index in [1.807, 2.05) is 55.5 Å². The van der Waals surface area contributed by atoms with Gasteiger partial charge in [0.25, 0.3) is 0 Å². The number of allylic oxidation sites excluding steroid dienone is 1. The molecule has 27 heavy (non-hydrogen) atoms. The lowest BCUT2D eigenvalue weighted by atomic mass is 10.0. The maximum absolute atomic E-state index is 12.6. The third-order valence-electron chi connectivity index (χ3n) is 4.30. The van der Waals surface area contributed by atoms with Gasteiger partial charge in [0.2, 0.25) is 12.2 Å². The number of fused-ring (bicyclic) bond motifs is 1. The zero-order chi connectivity index (χ0) is 19.4. The minimum Gasteiger partial charge on any atom is -0.467 e. The minimum absolute atomic E-state index is 0.0451. The van der Waals surface area contributed by atoms with Crippen LogP contribution in [0.15, 0.2) is 52.3 Å². The van der Waals surface area contributed by atoms with Gasteiger partial charge in [0.1, 0.15) is 6.04 Å². The van der Waals surface area contributed by atoms with Crippen molar-refractivity contribution in [3.63, 3.8) is 0 Å². The molecule has 5 nitrogen and oxygen atoms in total. The molecule has 0 bridgehead atoms. The summed E-state index contributed by atoms with van der Waals surface area (Å²) in [7, 11) is 1.28. The summed E-state index contributed by atoms with van der Waals surface area (Å²) in [5.41, 5.74) is 3.60. The summed E-state index contributed by atoms with van der Waals surface area (Å²) in [6.45, 7) is 1.97. The van der Waals surface area contributed by atoms with Crippen molar-refractivity contribution in [2.24, 2.45) is 0 Å². The molecule has 6 heteroatoms. The molecule has 1 amide bonds. The molecule has 1 heterocycles. The van der Waals surface area contributed by atoms with Gasteiger partial charge in [0, 0.05) is 16.9 Å². The van der Waals surface area contributed by atoms with Crippen LogP contribution < -0.4 is 5.32 Å². The molecule has 1 aliphatic heterocycles. The number of carbonyl (C=O) groups is 3. The number of carbonyl (C=O) groups excluding carboxylic acids is 3. The zero-order valence-electron chi connectivity index (χ0n) is 15.0. The highest BCUT2D eigenvalue weighted by Gasteiger charge is 2.25. The summed E-state index contributed by atoms with van der Waals surface area (Å²) in [5, 5.41) is 2.46. The van der Waals surface area contributed by atoms with E-state index in [1.165, 1.54) is 18.9 Å². The Morgan fingerprint density at radius 1 is 1.22 bits per heavy atom. The summed E-state index contributed by atoms with van der Waals surface area (Å²) in [6, 6.07) is 12.7. The van der Waals surface area contributed by atoms with Gasteiger partial charge >= 0.3 is 5.97 Å². The second-order valence-electron chi connectivity index (χ2n) is 6.25. The molecular formula is C21H19NO4S. The Morgan fingerprint density at radius 3 is 2.63 bits per heavy atom. The number of ketones is 1. The zero-order valence-corrected chi connectivity index (χ0v) is 15.8. The average Bonchev–Trinajstić information content (AvgIpc) is 2.97. The monoisotopic (exact) mass is 381 g/mol. The van der Waals surface area contributed by atoms with Crippen molar-refractivity contribution >= 4 is 36.0 Å². The lowest BCUT2D eigenvalue weighted by Crippen LogP contribution is -2.38. The summed E-state index contributed by atoms with van der Waals surface area (Å²) in [4.78, 5) is 36.6. The minimum atomic E-state index is -0.721. The molecule has 0 aliphatic carbocycles. The molecule has 0 fully saturated rings. The molecule has 2 aromatic carbocycles. The predicted molar refractivity (Wildman–Crippen MR) is 104 cm³/mol. The van der Waals surface area contributed by atoms with Crippen molar-refractivity contribution in [3.8, 4) is 0 Å². The van der Waals surface area contributed by atoms with Gasteiger partial charge in [0.05, 0.1) is 12.0 Å². The van der Waals surface area contributed by atoms with E-state index < -0.39 is 12.0 Å². The Kier molecular flexibility index (Phi) is 5.76. The van der Waals surface area contributed by atoms with Crippen LogP contribution in [0.1, 0.15) is 27.0 Å². The Balaban J connectivity index is 1.74. The molecular weight excluding hydrogens is 362 g/mol. The highest BCUT2D eigenvalue weighted by atomic mass is 32.2. The number of amides is 1. The van der Waals surface area contributed by atoms with Crippen LogP contribution in [-0.4, -0.2) is 31.3 Å². The fourth-order valence-corrected chi connectivity index (χ4v) is 3.91. The number of thioether (sulfide) groups is 1. The number of aryl methyl sites for hydroxylation is 1. The molecule has 1 aliphatic rings. The summed E-state index contributed by atoms with van der Waals surface area (Å²) >= 11 is 1.48. The second-order valence-corrected chi connectivity index (χ2v) is 7.33. The first kappa shape index (κ1) is 18.9. The lowest BCUT2D eigenvalue weighted by molar-refractivity contribution is -0.144. The first-order valence-electron chi connectivity index (χ1n) is 8.43. The smallest absolute Gasteiger partial charge is 0.328 e. The molecule has 138 valence electrons. The fraction of sp³-hybridized carbons (Fsp3) is 0.190. The van der Waals surface area contributed by atoms with Crippen molar-refractivity contribution < 1.29 is 19.1 Å². The van der Waals surface area contributed by atoms with Crippen LogP contribution in [0.4, 0.5) is 0 Å². The number of nitrogens with one attached hydrogen (secondary N) is 1. The molecule has 0 aromatic heterocycles. The molecule has 0 saturated carbocycles. The third-order valence-corrected chi connectivity index (χ3v) is 5.39. The maximum atomic E-state index is 12.6. The van der Waals surface area contributed by atoms with Gasteiger partial charge in [-0.25, -0.2) is 4.79 Å². The number of rotatable bonds is 6. The summed E-state index contributed by atoms with van der Waals surface area (Å²) in [5.74, 6) is -0.446. The molecule has 3 rings (SSSR count). The summed E-state index contributed by atoms with van der Waals surface area (Å²) in [6.07, 6.45) is 2.69. The van der Waals surface area contributed by atoms with E-state index in [0.29, 0.717) is 17.7 Å². The van der Waals surface area contributed by atoms with Crippen LogP contribution in [0, 0.1) is 6.92 Å². The Morgan fingerprint density at radius 2 is 1.96 bits per heavy atom. The first-order valence-corrected chi connectivity index (χ1v) is 9.25. The van der Waals surface area contributed by atoms with Crippen molar-refractivity contribution in [3.05, 3.63) is 69.6 Å². The van der Waals surface area contributed by atoms with Gasteiger partial charge in [-0.05, 0) is 36.3 Å². The van der Waals surface area contributed by atoms with Crippen molar-refractivity contribution in [2.45, 2.75) is 24.3 Å². The Bertz CT molecular complexity index is 918. The van der Waals surface area contributed by atoms with Crippen LogP contribution in [0.2, 0.25) is 0 Å². The maximum Gasteiger partial charge on any atom is 0.328 e. The van der Waals surface area contributed by atoms with Crippen molar-refractivity contribution in [1.29, 1.82) is 0 Å². The molecule has 2 aromatic rings. The largest absolute Gasteiger partial charge is 0.467 e. The van der Waals surface area contributed by atoms with E-state index in [1.54, 1.807) is 0 Å². The van der Waals surface area contributed by atoms with E-state index in [2.05, 4.69) is 5.32 Å². The first-order chi connectivity index (χ1) is 13.0. The van der Waals surface area contributed by atoms with Crippen LogP contribution in [0.5, 0.6) is 0 Å². The number of Topliss-reactive ketones (excluding diaryl/α,β-unsaturated/α-hetero) is 1. The van der Waals surface area contributed by atoms with Crippen molar-refractivity contribution in [2.75, 3.05) is 7.11 Å². The van der Waals surface area contributed by atoms with Gasteiger partial charge in [-0.15, -0.1) is 0 Å². The molecule has 0 spiro atoms. The van der Waals surface area contributed by atoms with Gasteiger partial charge in [-0.2, -0.15) is 0 Å². The summed E-state index contributed by atoms with van der Waals surface area (Å²) < 4.78 is 4.69. The number of esters is 1. The topological polar surface area (TPSA) is 72.5 Å². The SMILES string of the molecule is COC(=O)[C@H](Cc1ccc(/C=C2\Sc3ccc(C)cc3C2=O)cc1)NC=O. The van der Waals surface area contributed by atoms with E-state index in [-0.39, 0.29) is 5.78 Å². The Hall–Kier alpha value is -2.86. The quantitative estimate of drug-likeness (QED) is 0.473. The van der Waals surface area contributed by atoms with Gasteiger partial charge in [-0.1, -0.05) is 47.7 Å². The average molecular weight is 381 g/mol. The fourth-order valence-electron chi connectivity index (χ4n) is 2.87. The van der Waals surface area contributed by atoms with Gasteiger partial charge in [-0.3, -0.25) is 9.59 Å². The highest BCUT2D eigenvalue weighted by Crippen LogP contribution is 2.41. The molecule has 0 radical (unpaired) electrons. The van der Waals surface area contributed by atoms with E-state index in [0.717, 1.165) is 27.1 Å². The normalized spacial score (nSPS) is 15.3. The molecule has 0 unspecified atom stereocenters. The molecule has 1 N–H and O–H groups in total. The Labute approximate surface area is 161 Å². The van der Waals surface area contributed by atoms with Crippen molar-refractivity contribution in [1.82, 2.24) is 5.32 Å². The number of hydrogen-bond donors (Lipinski definition) is 1. The third kappa shape index (κ3) is 4.28. The number of methoxy groups -OCH3 is 1. The van der Waals surface area contributed by atoms with Gasteiger partial charge in [0.15, 0.2) is 0 Å². The highest BCUT2D eigenvalue weighted by molar-refractivity contribution is 8.04. The van der Waals surface area contributed by atoms with E-state index in [9.17, 15) is 14.4 Å². The van der Waals surface area contributed by atoms with Gasteiger partial charge < -0.3 is 10.1 Å². The second kappa shape index (κ2) is 8.22. The predicted octanol–water partition coefficient (Wildman–Crippen LogP) is 3.15. The van der Waals surface area contributed by atoms with Crippen LogP contribution in [-0.2, 0) is 20.7 Å². The standard InChI is InChI=1S/C21H19NO4S/c1-13-3-8-18-16(9-13)20(24)19(27-18)11-15-6-4-14(5-7-15)10-17(22-12-23)21(25)26-2/h3-9,11-12,17H,10H2,1-2H3,(H,22,23)/b19-11-/t17-/m0/s1. The van der Waals surface area contributed by atoms with E-state index in [4.69, 9.17) is 4.74 Å².